The van der Waals surface area contributed by atoms with E-state index in [0.717, 1.165) is 22.2 Å². The van der Waals surface area contributed by atoms with Crippen LogP contribution in [0, 0.1) is 0 Å². The van der Waals surface area contributed by atoms with Crippen molar-refractivity contribution in [3.8, 4) is 0 Å². The Morgan fingerprint density at radius 3 is 2.28 bits per heavy atom. The highest BCUT2D eigenvalue weighted by Crippen LogP contribution is 2.25. The van der Waals surface area contributed by atoms with E-state index in [2.05, 4.69) is 18.3 Å². The van der Waals surface area contributed by atoms with Crippen LogP contribution in [0.15, 0.2) is 48.5 Å². The van der Waals surface area contributed by atoms with E-state index in [1.165, 1.54) is 5.56 Å². The van der Waals surface area contributed by atoms with Gasteiger partial charge in [-0.05, 0) is 42.3 Å². The van der Waals surface area contributed by atoms with Gasteiger partial charge in [-0.1, -0.05) is 48.3 Å². The Labute approximate surface area is 118 Å². The molecular weight excluding hydrogens is 265 g/mol. The zero-order chi connectivity index (χ0) is 13.0. The summed E-state index contributed by atoms with van der Waals surface area (Å²) in [6.07, 6.45) is 0.979. The maximum Gasteiger partial charge on any atom is 0.0511 e. The number of rotatable bonds is 4. The minimum Gasteiger partial charge on any atom is -0.378 e. The van der Waals surface area contributed by atoms with Crippen molar-refractivity contribution in [2.45, 2.75) is 19.4 Å². The molecule has 0 saturated carbocycles. The lowest BCUT2D eigenvalue weighted by Crippen LogP contribution is -2.09. The number of hydrogen-bond donors (Lipinski definition) is 1. The van der Waals surface area contributed by atoms with Crippen LogP contribution < -0.4 is 5.32 Å². The molecule has 0 spiro atoms. The summed E-state index contributed by atoms with van der Waals surface area (Å²) in [4.78, 5) is 0. The first-order valence-electron chi connectivity index (χ1n) is 5.96. The highest BCUT2D eigenvalue weighted by atomic mass is 35.5. The Bertz CT molecular complexity index is 525. The SMILES string of the molecule is CCC(Nc1cccc(Cl)c1)c1cccc(Cl)c1. The van der Waals surface area contributed by atoms with Gasteiger partial charge in [-0.2, -0.15) is 0 Å². The second-order valence-corrected chi connectivity index (χ2v) is 5.04. The molecular formula is C15H15Cl2N. The van der Waals surface area contributed by atoms with E-state index in [-0.39, 0.29) is 6.04 Å². The molecule has 0 aliphatic carbocycles. The Hall–Kier alpha value is -1.18. The van der Waals surface area contributed by atoms with Crippen LogP contribution in [-0.2, 0) is 0 Å². The molecule has 0 amide bonds. The van der Waals surface area contributed by atoms with Gasteiger partial charge in [0.05, 0.1) is 6.04 Å². The third-order valence-electron chi connectivity index (χ3n) is 2.82. The molecule has 0 fully saturated rings. The lowest BCUT2D eigenvalue weighted by Gasteiger charge is -2.19. The number of nitrogens with one attached hydrogen (secondary N) is 1. The molecule has 0 aliphatic rings. The zero-order valence-corrected chi connectivity index (χ0v) is 11.7. The molecule has 0 heterocycles. The van der Waals surface area contributed by atoms with Crippen molar-refractivity contribution in [2.24, 2.45) is 0 Å². The summed E-state index contributed by atoms with van der Waals surface area (Å²) in [5, 5.41) is 4.97. The summed E-state index contributed by atoms with van der Waals surface area (Å²) in [5.41, 5.74) is 2.21. The monoisotopic (exact) mass is 279 g/mol. The van der Waals surface area contributed by atoms with Gasteiger partial charge >= 0.3 is 0 Å². The van der Waals surface area contributed by atoms with E-state index >= 15 is 0 Å². The van der Waals surface area contributed by atoms with Crippen molar-refractivity contribution in [2.75, 3.05) is 5.32 Å². The fourth-order valence-electron chi connectivity index (χ4n) is 1.92. The summed E-state index contributed by atoms with van der Waals surface area (Å²) in [6.45, 7) is 2.14. The van der Waals surface area contributed by atoms with Crippen molar-refractivity contribution in [3.63, 3.8) is 0 Å². The predicted octanol–water partition coefficient (Wildman–Crippen LogP) is 5.56. The summed E-state index contributed by atoms with van der Waals surface area (Å²) < 4.78 is 0. The second-order valence-electron chi connectivity index (χ2n) is 4.17. The Balaban J connectivity index is 2.19. The smallest absolute Gasteiger partial charge is 0.0511 e. The van der Waals surface area contributed by atoms with Gasteiger partial charge in [0.15, 0.2) is 0 Å². The van der Waals surface area contributed by atoms with Crippen LogP contribution in [-0.4, -0.2) is 0 Å². The molecule has 1 nitrogen and oxygen atoms in total. The van der Waals surface area contributed by atoms with Gasteiger partial charge in [0.1, 0.15) is 0 Å². The standard InChI is InChI=1S/C15H15Cl2N/c1-2-15(11-5-3-6-12(16)9-11)18-14-8-4-7-13(17)10-14/h3-10,15,18H,2H2,1H3. The van der Waals surface area contributed by atoms with Gasteiger partial charge in [0, 0.05) is 15.7 Å². The maximum absolute atomic E-state index is 6.03. The largest absolute Gasteiger partial charge is 0.378 e. The van der Waals surface area contributed by atoms with Crippen molar-refractivity contribution >= 4 is 28.9 Å². The normalized spacial score (nSPS) is 12.2. The van der Waals surface area contributed by atoms with E-state index in [1.54, 1.807) is 0 Å². The Kier molecular flexibility index (Phi) is 4.51. The van der Waals surface area contributed by atoms with Crippen molar-refractivity contribution < 1.29 is 0 Å². The third-order valence-corrected chi connectivity index (χ3v) is 3.30. The van der Waals surface area contributed by atoms with Gasteiger partial charge in [-0.25, -0.2) is 0 Å². The highest BCUT2D eigenvalue weighted by molar-refractivity contribution is 6.31. The lowest BCUT2D eigenvalue weighted by atomic mass is 10.0. The minimum absolute atomic E-state index is 0.238. The second kappa shape index (κ2) is 6.12. The highest BCUT2D eigenvalue weighted by Gasteiger charge is 2.09. The van der Waals surface area contributed by atoms with Crippen LogP contribution in [0.1, 0.15) is 24.9 Å². The first kappa shape index (κ1) is 13.3. The number of halogens is 2. The molecule has 0 bridgehead atoms. The molecule has 2 aromatic rings. The summed E-state index contributed by atoms with van der Waals surface area (Å²) in [5.74, 6) is 0. The average Bonchev–Trinajstić information content (AvgIpc) is 2.36. The molecule has 0 aliphatic heterocycles. The Morgan fingerprint density at radius 1 is 1.00 bits per heavy atom. The number of benzene rings is 2. The number of anilines is 1. The molecule has 0 radical (unpaired) electrons. The summed E-state index contributed by atoms with van der Waals surface area (Å²) in [7, 11) is 0. The van der Waals surface area contributed by atoms with E-state index in [0.29, 0.717) is 0 Å². The molecule has 2 rings (SSSR count). The molecule has 1 unspecified atom stereocenters. The minimum atomic E-state index is 0.238. The maximum atomic E-state index is 6.03. The van der Waals surface area contributed by atoms with E-state index < -0.39 is 0 Å². The van der Waals surface area contributed by atoms with E-state index in [4.69, 9.17) is 23.2 Å². The zero-order valence-electron chi connectivity index (χ0n) is 10.2. The molecule has 3 heteroatoms. The topological polar surface area (TPSA) is 12.0 Å². The molecule has 1 atom stereocenters. The molecule has 1 N–H and O–H groups in total. The van der Waals surface area contributed by atoms with Crippen LogP contribution in [0.4, 0.5) is 5.69 Å². The van der Waals surface area contributed by atoms with E-state index in [9.17, 15) is 0 Å². The molecule has 18 heavy (non-hydrogen) atoms. The van der Waals surface area contributed by atoms with Crippen LogP contribution in [0.3, 0.4) is 0 Å². The van der Waals surface area contributed by atoms with Crippen molar-refractivity contribution in [3.05, 3.63) is 64.1 Å². The van der Waals surface area contributed by atoms with Crippen molar-refractivity contribution in [1.82, 2.24) is 0 Å². The Morgan fingerprint density at radius 2 is 1.67 bits per heavy atom. The van der Waals surface area contributed by atoms with Crippen LogP contribution in [0.25, 0.3) is 0 Å². The lowest BCUT2D eigenvalue weighted by molar-refractivity contribution is 0.749. The molecule has 2 aromatic carbocycles. The molecule has 0 saturated heterocycles. The van der Waals surface area contributed by atoms with E-state index in [1.807, 2.05) is 42.5 Å². The first-order chi connectivity index (χ1) is 8.69. The van der Waals surface area contributed by atoms with Gasteiger partial charge in [-0.3, -0.25) is 0 Å². The molecule has 94 valence electrons. The quantitative estimate of drug-likeness (QED) is 0.773. The van der Waals surface area contributed by atoms with Crippen LogP contribution in [0.5, 0.6) is 0 Å². The first-order valence-corrected chi connectivity index (χ1v) is 6.72. The van der Waals surface area contributed by atoms with Gasteiger partial charge in [-0.15, -0.1) is 0 Å². The van der Waals surface area contributed by atoms with Crippen LogP contribution >= 0.6 is 23.2 Å². The summed E-state index contributed by atoms with van der Waals surface area (Å²) in [6, 6.07) is 15.9. The third kappa shape index (κ3) is 3.41. The molecule has 0 aromatic heterocycles. The average molecular weight is 280 g/mol. The van der Waals surface area contributed by atoms with Gasteiger partial charge in [0.25, 0.3) is 0 Å². The van der Waals surface area contributed by atoms with Crippen molar-refractivity contribution in [1.29, 1.82) is 0 Å². The van der Waals surface area contributed by atoms with Gasteiger partial charge in [0.2, 0.25) is 0 Å². The predicted molar refractivity (Wildman–Crippen MR) is 79.6 cm³/mol. The summed E-state index contributed by atoms with van der Waals surface area (Å²) >= 11 is 12.0. The fraction of sp³-hybridized carbons (Fsp3) is 0.200. The fourth-order valence-corrected chi connectivity index (χ4v) is 2.31. The number of hydrogen-bond acceptors (Lipinski definition) is 1. The van der Waals surface area contributed by atoms with Gasteiger partial charge < -0.3 is 5.32 Å². The van der Waals surface area contributed by atoms with Crippen LogP contribution in [0.2, 0.25) is 10.0 Å².